The van der Waals surface area contributed by atoms with Crippen molar-refractivity contribution in [2.24, 2.45) is 4.99 Å². The molecule has 0 unspecified atom stereocenters. The predicted molar refractivity (Wildman–Crippen MR) is 107 cm³/mol. The number of ether oxygens (including phenoxy) is 2. The Morgan fingerprint density at radius 2 is 1.89 bits per heavy atom. The predicted octanol–water partition coefficient (Wildman–Crippen LogP) is 0.291. The molecule has 8 nitrogen and oxygen atoms in total. The quantitative estimate of drug-likeness (QED) is 0.356. The number of amides is 1. The molecule has 27 heavy (non-hydrogen) atoms. The van der Waals surface area contributed by atoms with Gasteiger partial charge < -0.3 is 25.0 Å². The lowest BCUT2D eigenvalue weighted by molar-refractivity contribution is -0.127. The molecule has 1 saturated heterocycles. The van der Waals surface area contributed by atoms with Gasteiger partial charge in [0.1, 0.15) is 6.54 Å². The Morgan fingerprint density at radius 3 is 2.52 bits per heavy atom. The Bertz CT molecular complexity index is 472. The average molecular weight is 384 g/mol. The van der Waals surface area contributed by atoms with E-state index in [2.05, 4.69) is 20.5 Å². The molecule has 0 bridgehead atoms. The topological polar surface area (TPSA) is 78.4 Å². The number of nitrogens with one attached hydrogen (secondary N) is 2. The first-order valence-corrected chi connectivity index (χ1v) is 10.1. The lowest BCUT2D eigenvalue weighted by atomic mass is 9.80. The minimum atomic E-state index is -0.0107. The van der Waals surface area contributed by atoms with E-state index < -0.39 is 0 Å². The first-order chi connectivity index (χ1) is 13.1. The maximum Gasteiger partial charge on any atom is 0.243 e. The fraction of sp³-hybridized carbons (Fsp3) is 0.895. The SMILES string of the molecule is COCCNC(=NCC(=O)N(C)C)NCC1(N2CCOCC2)CCCCC1. The summed E-state index contributed by atoms with van der Waals surface area (Å²) in [5, 5.41) is 6.79. The molecule has 0 spiro atoms. The Labute approximate surface area is 163 Å². The fourth-order valence-electron chi connectivity index (χ4n) is 3.83. The van der Waals surface area contributed by atoms with Crippen LogP contribution in [0.3, 0.4) is 0 Å². The van der Waals surface area contributed by atoms with Gasteiger partial charge in [-0.2, -0.15) is 0 Å². The summed E-state index contributed by atoms with van der Waals surface area (Å²) >= 11 is 0. The average Bonchev–Trinajstić information content (AvgIpc) is 2.70. The van der Waals surface area contributed by atoms with Gasteiger partial charge in [0, 0.05) is 52.9 Å². The van der Waals surface area contributed by atoms with Crippen molar-refractivity contribution in [3.05, 3.63) is 0 Å². The smallest absolute Gasteiger partial charge is 0.243 e. The molecule has 2 N–H and O–H groups in total. The normalized spacial score (nSPS) is 20.9. The van der Waals surface area contributed by atoms with E-state index in [0.717, 1.165) is 32.8 Å². The molecule has 1 heterocycles. The summed E-state index contributed by atoms with van der Waals surface area (Å²) in [6, 6.07) is 0. The number of methoxy groups -OCH3 is 1. The highest BCUT2D eigenvalue weighted by Crippen LogP contribution is 2.33. The molecule has 0 radical (unpaired) electrons. The molecule has 0 aromatic heterocycles. The third-order valence-electron chi connectivity index (χ3n) is 5.52. The van der Waals surface area contributed by atoms with E-state index in [1.165, 1.54) is 32.1 Å². The third-order valence-corrected chi connectivity index (χ3v) is 5.52. The molecular formula is C19H37N5O3. The van der Waals surface area contributed by atoms with Crippen molar-refractivity contribution in [3.8, 4) is 0 Å². The van der Waals surface area contributed by atoms with Crippen LogP contribution in [0, 0.1) is 0 Å². The summed E-state index contributed by atoms with van der Waals surface area (Å²) in [6.07, 6.45) is 6.24. The first kappa shape index (κ1) is 21.9. The van der Waals surface area contributed by atoms with Crippen LogP contribution in [0.15, 0.2) is 4.99 Å². The van der Waals surface area contributed by atoms with Gasteiger partial charge in [0.05, 0.1) is 19.8 Å². The number of hydrogen-bond donors (Lipinski definition) is 2. The van der Waals surface area contributed by atoms with Crippen LogP contribution in [0.1, 0.15) is 32.1 Å². The van der Waals surface area contributed by atoms with Gasteiger partial charge >= 0.3 is 0 Å². The van der Waals surface area contributed by atoms with E-state index in [1.54, 1.807) is 26.1 Å². The van der Waals surface area contributed by atoms with Crippen molar-refractivity contribution in [1.82, 2.24) is 20.4 Å². The molecule has 2 aliphatic rings. The molecule has 0 atom stereocenters. The van der Waals surface area contributed by atoms with Gasteiger partial charge in [-0.1, -0.05) is 19.3 Å². The number of rotatable bonds is 8. The number of aliphatic imine (C=N–C) groups is 1. The van der Waals surface area contributed by atoms with Crippen molar-refractivity contribution in [1.29, 1.82) is 0 Å². The van der Waals surface area contributed by atoms with Crippen LogP contribution in [0.5, 0.6) is 0 Å². The zero-order chi connectivity index (χ0) is 19.5. The third kappa shape index (κ3) is 6.93. The minimum Gasteiger partial charge on any atom is -0.383 e. The molecule has 0 aromatic carbocycles. The van der Waals surface area contributed by atoms with Gasteiger partial charge in [0.15, 0.2) is 5.96 Å². The highest BCUT2D eigenvalue weighted by Gasteiger charge is 2.38. The second kappa shape index (κ2) is 11.5. The number of nitrogens with zero attached hydrogens (tertiary/aromatic N) is 3. The van der Waals surface area contributed by atoms with Crippen LogP contribution >= 0.6 is 0 Å². The summed E-state index contributed by atoms with van der Waals surface area (Å²) in [7, 11) is 5.18. The number of hydrogen-bond acceptors (Lipinski definition) is 5. The lowest BCUT2D eigenvalue weighted by Crippen LogP contribution is -2.60. The molecule has 0 aromatic rings. The largest absolute Gasteiger partial charge is 0.383 e. The van der Waals surface area contributed by atoms with E-state index in [-0.39, 0.29) is 18.0 Å². The van der Waals surface area contributed by atoms with Gasteiger partial charge in [-0.05, 0) is 12.8 Å². The number of likely N-dealkylation sites (N-methyl/N-ethyl adjacent to an activating group) is 1. The van der Waals surface area contributed by atoms with Crippen LogP contribution in [0.25, 0.3) is 0 Å². The highest BCUT2D eigenvalue weighted by molar-refractivity contribution is 5.84. The van der Waals surface area contributed by atoms with Gasteiger partial charge in [0.25, 0.3) is 0 Å². The minimum absolute atomic E-state index is 0.0107. The molecule has 8 heteroatoms. The Kier molecular flexibility index (Phi) is 9.30. The molecule has 156 valence electrons. The molecule has 1 aliphatic carbocycles. The zero-order valence-corrected chi connectivity index (χ0v) is 17.3. The summed E-state index contributed by atoms with van der Waals surface area (Å²) in [6.45, 7) is 5.83. The van der Waals surface area contributed by atoms with E-state index in [9.17, 15) is 4.79 Å². The second-order valence-corrected chi connectivity index (χ2v) is 7.61. The molecular weight excluding hydrogens is 346 g/mol. The molecule has 2 rings (SSSR count). The van der Waals surface area contributed by atoms with Crippen LogP contribution in [0.4, 0.5) is 0 Å². The number of guanidine groups is 1. The van der Waals surface area contributed by atoms with Crippen LogP contribution in [-0.2, 0) is 14.3 Å². The number of carbonyl (C=O) groups is 1. The van der Waals surface area contributed by atoms with Crippen LogP contribution in [-0.4, -0.2) is 101 Å². The Hall–Kier alpha value is -1.38. The van der Waals surface area contributed by atoms with Gasteiger partial charge in [-0.25, -0.2) is 4.99 Å². The van der Waals surface area contributed by atoms with Gasteiger partial charge in [0.2, 0.25) is 5.91 Å². The van der Waals surface area contributed by atoms with Gasteiger partial charge in [-0.3, -0.25) is 9.69 Å². The second-order valence-electron chi connectivity index (χ2n) is 7.61. The van der Waals surface area contributed by atoms with E-state index in [4.69, 9.17) is 9.47 Å². The summed E-state index contributed by atoms with van der Waals surface area (Å²) in [5.74, 6) is 0.670. The Balaban J connectivity index is 2.01. The van der Waals surface area contributed by atoms with Crippen LogP contribution in [0.2, 0.25) is 0 Å². The fourth-order valence-corrected chi connectivity index (χ4v) is 3.83. The molecule has 2 fully saturated rings. The zero-order valence-electron chi connectivity index (χ0n) is 17.3. The van der Waals surface area contributed by atoms with Crippen LogP contribution < -0.4 is 10.6 Å². The molecule has 1 amide bonds. The lowest BCUT2D eigenvalue weighted by Gasteiger charge is -2.48. The summed E-state index contributed by atoms with van der Waals surface area (Å²) in [5.41, 5.74) is 0.150. The van der Waals surface area contributed by atoms with Gasteiger partial charge in [-0.15, -0.1) is 0 Å². The van der Waals surface area contributed by atoms with E-state index in [1.807, 2.05) is 0 Å². The highest BCUT2D eigenvalue weighted by atomic mass is 16.5. The van der Waals surface area contributed by atoms with Crippen molar-refractivity contribution in [2.45, 2.75) is 37.6 Å². The van der Waals surface area contributed by atoms with Crippen molar-refractivity contribution in [2.75, 3.05) is 73.7 Å². The van der Waals surface area contributed by atoms with E-state index >= 15 is 0 Å². The standard InChI is InChI=1S/C19H37N5O3/c1-23(2)17(25)15-21-18(20-9-12-26-3)22-16-19(7-5-4-6-8-19)24-10-13-27-14-11-24/h4-16H2,1-3H3,(H2,20,21,22). The Morgan fingerprint density at radius 1 is 1.19 bits per heavy atom. The number of morpholine rings is 1. The van der Waals surface area contributed by atoms with Crippen molar-refractivity contribution < 1.29 is 14.3 Å². The van der Waals surface area contributed by atoms with E-state index in [0.29, 0.717) is 19.1 Å². The summed E-state index contributed by atoms with van der Waals surface area (Å²) < 4.78 is 10.7. The molecule has 1 aliphatic heterocycles. The maximum absolute atomic E-state index is 11.9. The van der Waals surface area contributed by atoms with Crippen molar-refractivity contribution >= 4 is 11.9 Å². The number of carbonyl (C=O) groups excluding carboxylic acids is 1. The first-order valence-electron chi connectivity index (χ1n) is 10.1. The monoisotopic (exact) mass is 383 g/mol. The molecule has 1 saturated carbocycles. The maximum atomic E-state index is 11.9. The summed E-state index contributed by atoms with van der Waals surface area (Å²) in [4.78, 5) is 20.6. The van der Waals surface area contributed by atoms with Crippen molar-refractivity contribution in [3.63, 3.8) is 0 Å².